The number of hydrogen-bond donors (Lipinski definition) is 1. The first-order chi connectivity index (χ1) is 17.9. The van der Waals surface area contributed by atoms with Crippen LogP contribution in [-0.4, -0.2) is 41.1 Å². The van der Waals surface area contributed by atoms with Crippen molar-refractivity contribution in [1.82, 2.24) is 4.90 Å². The number of rotatable bonds is 8. The number of alkyl halides is 3. The molecule has 1 aliphatic heterocycles. The van der Waals surface area contributed by atoms with Crippen LogP contribution in [0.3, 0.4) is 0 Å². The zero-order valence-corrected chi connectivity index (χ0v) is 21.4. The third kappa shape index (κ3) is 6.22. The van der Waals surface area contributed by atoms with Crippen LogP contribution in [0.25, 0.3) is 0 Å². The maximum atomic E-state index is 13.5. The Labute approximate surface area is 222 Å². The normalized spacial score (nSPS) is 16.5. The molecule has 0 saturated carbocycles. The van der Waals surface area contributed by atoms with Gasteiger partial charge in [0.05, 0.1) is 12.7 Å². The van der Waals surface area contributed by atoms with Gasteiger partial charge in [0.25, 0.3) is 5.91 Å². The van der Waals surface area contributed by atoms with Crippen molar-refractivity contribution in [3.8, 4) is 11.5 Å². The van der Waals surface area contributed by atoms with Gasteiger partial charge in [-0.2, -0.15) is 13.2 Å². The van der Waals surface area contributed by atoms with Gasteiger partial charge in [0.15, 0.2) is 11.5 Å². The summed E-state index contributed by atoms with van der Waals surface area (Å²) in [6.07, 6.45) is -3.55. The second-order valence-corrected chi connectivity index (χ2v) is 9.89. The highest BCUT2D eigenvalue weighted by Crippen LogP contribution is 2.44. The molecule has 1 atom stereocenters. The van der Waals surface area contributed by atoms with E-state index in [2.05, 4.69) is 0 Å². The maximum Gasteiger partial charge on any atom is 0.416 e. The molecule has 0 aromatic heterocycles. The number of halogens is 4. The van der Waals surface area contributed by atoms with Crippen LogP contribution < -0.4 is 9.47 Å². The summed E-state index contributed by atoms with van der Waals surface area (Å²) in [6.45, 7) is 0.922. The average Bonchev–Trinajstić information content (AvgIpc) is 3.19. The Balaban J connectivity index is 1.61. The number of hydrogen-bond acceptors (Lipinski definition) is 4. The van der Waals surface area contributed by atoms with Crippen LogP contribution in [0.15, 0.2) is 60.7 Å². The van der Waals surface area contributed by atoms with Crippen molar-refractivity contribution in [2.75, 3.05) is 13.7 Å². The summed E-state index contributed by atoms with van der Waals surface area (Å²) >= 11 is 5.99. The lowest BCUT2D eigenvalue weighted by atomic mass is 9.91. The van der Waals surface area contributed by atoms with Gasteiger partial charge in [-0.3, -0.25) is 9.59 Å². The lowest BCUT2D eigenvalue weighted by molar-refractivity contribution is -0.139. The molecule has 0 saturated heterocycles. The summed E-state index contributed by atoms with van der Waals surface area (Å²) in [4.78, 5) is 26.0. The Morgan fingerprint density at radius 1 is 1.11 bits per heavy atom. The van der Waals surface area contributed by atoms with Gasteiger partial charge in [-0.25, -0.2) is 0 Å². The van der Waals surface area contributed by atoms with E-state index >= 15 is 0 Å². The van der Waals surface area contributed by atoms with Crippen LogP contribution in [0.2, 0.25) is 5.02 Å². The van der Waals surface area contributed by atoms with E-state index in [-0.39, 0.29) is 17.7 Å². The van der Waals surface area contributed by atoms with Gasteiger partial charge in [-0.1, -0.05) is 35.9 Å². The molecule has 1 N–H and O–H groups in total. The van der Waals surface area contributed by atoms with E-state index in [0.29, 0.717) is 34.9 Å². The fourth-order valence-electron chi connectivity index (χ4n) is 4.61. The molecule has 1 unspecified atom stereocenters. The number of methoxy groups -OCH3 is 1. The summed E-state index contributed by atoms with van der Waals surface area (Å²) in [5.74, 6) is -1.15. The monoisotopic (exact) mass is 547 g/mol. The molecular weight excluding hydrogens is 523 g/mol. The zero-order valence-electron chi connectivity index (χ0n) is 20.6. The van der Waals surface area contributed by atoms with E-state index in [1.165, 1.54) is 25.3 Å². The van der Waals surface area contributed by atoms with Crippen LogP contribution >= 0.6 is 11.6 Å². The average molecular weight is 548 g/mol. The Bertz CT molecular complexity index is 1360. The molecule has 1 amide bonds. The standard InChI is InChI=1S/C28H25ClF3NO5/c1-27(13-17-6-8-22(29)9-7-17)14-20-11-19(12-23(37-2)25(20)38-27)26(36)33(16-24(34)35)15-18-4-3-5-21(10-18)28(30,31)32/h3-12H,13-16H2,1-2H3,(H,34,35). The van der Waals surface area contributed by atoms with Crippen LogP contribution in [0.4, 0.5) is 13.2 Å². The van der Waals surface area contributed by atoms with Crippen molar-refractivity contribution in [1.29, 1.82) is 0 Å². The minimum atomic E-state index is -4.57. The molecule has 0 radical (unpaired) electrons. The van der Waals surface area contributed by atoms with E-state index in [4.69, 9.17) is 21.1 Å². The van der Waals surface area contributed by atoms with E-state index in [1.807, 2.05) is 19.1 Å². The predicted octanol–water partition coefficient (Wildman–Crippen LogP) is 6.03. The molecule has 1 heterocycles. The highest BCUT2D eigenvalue weighted by molar-refractivity contribution is 6.30. The van der Waals surface area contributed by atoms with Gasteiger partial charge in [-0.05, 0) is 54.4 Å². The maximum absolute atomic E-state index is 13.5. The zero-order chi connectivity index (χ0) is 27.7. The molecule has 6 nitrogen and oxygen atoms in total. The van der Waals surface area contributed by atoms with Crippen molar-refractivity contribution in [3.63, 3.8) is 0 Å². The molecule has 200 valence electrons. The first-order valence-corrected chi connectivity index (χ1v) is 12.1. The van der Waals surface area contributed by atoms with E-state index < -0.39 is 35.8 Å². The molecule has 3 aromatic rings. The Hall–Kier alpha value is -3.72. The van der Waals surface area contributed by atoms with Gasteiger partial charge in [0, 0.05) is 35.5 Å². The molecule has 38 heavy (non-hydrogen) atoms. The van der Waals surface area contributed by atoms with Crippen LogP contribution in [0.5, 0.6) is 11.5 Å². The summed E-state index contributed by atoms with van der Waals surface area (Å²) in [5.41, 5.74) is 0.500. The summed E-state index contributed by atoms with van der Waals surface area (Å²) in [5, 5.41) is 10.0. The molecule has 0 bridgehead atoms. The Morgan fingerprint density at radius 2 is 1.82 bits per heavy atom. The lowest BCUT2D eigenvalue weighted by Crippen LogP contribution is -2.35. The highest BCUT2D eigenvalue weighted by atomic mass is 35.5. The predicted molar refractivity (Wildman–Crippen MR) is 135 cm³/mol. The van der Waals surface area contributed by atoms with Crippen LogP contribution in [0, 0.1) is 0 Å². The number of benzene rings is 3. The topological polar surface area (TPSA) is 76.1 Å². The fourth-order valence-corrected chi connectivity index (χ4v) is 4.74. The molecule has 0 fully saturated rings. The molecule has 1 aliphatic rings. The molecule has 10 heteroatoms. The lowest BCUT2D eigenvalue weighted by Gasteiger charge is -2.24. The van der Waals surface area contributed by atoms with Crippen LogP contribution in [-0.2, 0) is 30.4 Å². The van der Waals surface area contributed by atoms with Gasteiger partial charge in [0.2, 0.25) is 0 Å². The summed E-state index contributed by atoms with van der Waals surface area (Å²) in [7, 11) is 1.43. The second-order valence-electron chi connectivity index (χ2n) is 9.45. The molecule has 3 aromatic carbocycles. The molecule has 0 aliphatic carbocycles. The second kappa shape index (κ2) is 10.6. The third-order valence-electron chi connectivity index (χ3n) is 6.24. The number of carbonyl (C=O) groups excluding carboxylic acids is 1. The minimum absolute atomic E-state index is 0.146. The number of carbonyl (C=O) groups is 2. The van der Waals surface area contributed by atoms with Crippen LogP contribution in [0.1, 0.15) is 39.5 Å². The van der Waals surface area contributed by atoms with E-state index in [9.17, 15) is 27.9 Å². The van der Waals surface area contributed by atoms with Gasteiger partial charge >= 0.3 is 12.1 Å². The number of amides is 1. The van der Waals surface area contributed by atoms with Crippen molar-refractivity contribution in [3.05, 3.63) is 93.5 Å². The molecule has 4 rings (SSSR count). The largest absolute Gasteiger partial charge is 0.493 e. The number of ether oxygens (including phenoxy) is 2. The van der Waals surface area contributed by atoms with E-state index in [1.54, 1.807) is 18.2 Å². The van der Waals surface area contributed by atoms with E-state index in [0.717, 1.165) is 22.6 Å². The number of nitrogens with zero attached hydrogens (tertiary/aromatic N) is 1. The summed E-state index contributed by atoms with van der Waals surface area (Å²) in [6, 6.07) is 14.9. The van der Waals surface area contributed by atoms with Gasteiger partial charge in [-0.15, -0.1) is 0 Å². The van der Waals surface area contributed by atoms with Crippen molar-refractivity contribution in [2.24, 2.45) is 0 Å². The minimum Gasteiger partial charge on any atom is -0.493 e. The quantitative estimate of drug-likeness (QED) is 0.373. The highest BCUT2D eigenvalue weighted by Gasteiger charge is 2.38. The molecular formula is C28H25ClF3NO5. The van der Waals surface area contributed by atoms with Crippen molar-refractivity contribution >= 4 is 23.5 Å². The van der Waals surface area contributed by atoms with Gasteiger partial charge in [0.1, 0.15) is 12.1 Å². The van der Waals surface area contributed by atoms with Crippen molar-refractivity contribution in [2.45, 2.75) is 38.1 Å². The number of fused-ring (bicyclic) bond motifs is 1. The first kappa shape index (κ1) is 27.3. The smallest absolute Gasteiger partial charge is 0.416 e. The van der Waals surface area contributed by atoms with Crippen molar-refractivity contribution < 1.29 is 37.3 Å². The first-order valence-electron chi connectivity index (χ1n) is 11.7. The third-order valence-corrected chi connectivity index (χ3v) is 6.50. The number of carboxylic acid groups (broad SMARTS) is 1. The molecule has 0 spiro atoms. The van der Waals surface area contributed by atoms with Gasteiger partial charge < -0.3 is 19.5 Å². The number of aliphatic carboxylic acids is 1. The Kier molecular flexibility index (Phi) is 7.60. The fraction of sp³-hybridized carbons (Fsp3) is 0.286. The number of carboxylic acids is 1. The Morgan fingerprint density at radius 3 is 2.45 bits per heavy atom. The SMILES string of the molecule is COc1cc(C(=O)N(CC(=O)O)Cc2cccc(C(F)(F)F)c2)cc2c1OC(C)(Cc1ccc(Cl)cc1)C2. The summed E-state index contributed by atoms with van der Waals surface area (Å²) < 4.78 is 51.2.